The lowest BCUT2D eigenvalue weighted by Crippen LogP contribution is -2.36. The first kappa shape index (κ1) is 18.7. The summed E-state index contributed by atoms with van der Waals surface area (Å²) in [6.45, 7) is 1.16. The Balaban J connectivity index is 1.34. The van der Waals surface area contributed by atoms with E-state index in [2.05, 4.69) is 20.8 Å². The zero-order valence-electron chi connectivity index (χ0n) is 15.6. The molecule has 0 aliphatic carbocycles. The van der Waals surface area contributed by atoms with Gasteiger partial charge in [-0.25, -0.2) is 9.18 Å². The van der Waals surface area contributed by atoms with Crippen molar-refractivity contribution in [1.29, 1.82) is 0 Å². The van der Waals surface area contributed by atoms with Gasteiger partial charge in [-0.1, -0.05) is 48.5 Å². The molecule has 29 heavy (non-hydrogen) atoms. The molecule has 0 radical (unpaired) electrons. The number of carbonyl (C=O) groups is 2. The summed E-state index contributed by atoms with van der Waals surface area (Å²) in [7, 11) is 0. The van der Waals surface area contributed by atoms with Gasteiger partial charge in [0.15, 0.2) is 5.82 Å². The normalized spacial score (nSPS) is 12.5. The minimum atomic E-state index is -0.420. The second kappa shape index (κ2) is 8.14. The van der Waals surface area contributed by atoms with Crippen molar-refractivity contribution in [1.82, 2.24) is 20.4 Å². The van der Waals surface area contributed by atoms with E-state index in [1.165, 1.54) is 6.07 Å². The molecule has 7 nitrogen and oxygen atoms in total. The number of carbonyl (C=O) groups excluding carboxylic acids is 2. The molecule has 3 aromatic rings. The number of amides is 3. The SMILES string of the molecule is O=C(Cc1ccccc1F)Nc1n[nH]c2c1CN(C(=O)NCc1ccccc1)C2. The number of hydrogen-bond acceptors (Lipinski definition) is 3. The average Bonchev–Trinajstić information content (AvgIpc) is 3.31. The van der Waals surface area contributed by atoms with Crippen LogP contribution in [0, 0.1) is 5.82 Å². The van der Waals surface area contributed by atoms with E-state index in [4.69, 9.17) is 0 Å². The quantitative estimate of drug-likeness (QED) is 0.623. The molecular formula is C21H20FN5O2. The summed E-state index contributed by atoms with van der Waals surface area (Å²) in [5.41, 5.74) is 2.88. The third kappa shape index (κ3) is 4.26. The highest BCUT2D eigenvalue weighted by Gasteiger charge is 2.28. The second-order valence-corrected chi connectivity index (χ2v) is 6.85. The predicted octanol–water partition coefficient (Wildman–Crippen LogP) is 2.96. The van der Waals surface area contributed by atoms with E-state index >= 15 is 0 Å². The Morgan fingerprint density at radius 1 is 1.07 bits per heavy atom. The number of aromatic nitrogens is 2. The molecule has 1 aliphatic heterocycles. The molecule has 0 atom stereocenters. The molecule has 0 saturated carbocycles. The summed E-state index contributed by atoms with van der Waals surface area (Å²) >= 11 is 0. The molecule has 8 heteroatoms. The summed E-state index contributed by atoms with van der Waals surface area (Å²) in [6.07, 6.45) is -0.0877. The van der Waals surface area contributed by atoms with Crippen LogP contribution in [0.5, 0.6) is 0 Å². The fraction of sp³-hybridized carbons (Fsp3) is 0.190. The number of nitrogens with zero attached hydrogens (tertiary/aromatic N) is 2. The summed E-state index contributed by atoms with van der Waals surface area (Å²) in [5.74, 6) is -0.410. The Hall–Kier alpha value is -3.68. The number of H-pyrrole nitrogens is 1. The van der Waals surface area contributed by atoms with E-state index in [0.29, 0.717) is 31.0 Å². The summed E-state index contributed by atoms with van der Waals surface area (Å²) in [6, 6.07) is 15.6. The molecule has 2 aromatic carbocycles. The van der Waals surface area contributed by atoms with Gasteiger partial charge in [-0.05, 0) is 17.2 Å². The van der Waals surface area contributed by atoms with Crippen LogP contribution in [-0.2, 0) is 30.8 Å². The molecule has 3 N–H and O–H groups in total. The van der Waals surface area contributed by atoms with Gasteiger partial charge in [-0.15, -0.1) is 0 Å². The van der Waals surface area contributed by atoms with Gasteiger partial charge in [-0.3, -0.25) is 9.89 Å². The van der Waals surface area contributed by atoms with Gasteiger partial charge in [0.2, 0.25) is 5.91 Å². The molecule has 4 rings (SSSR count). The molecular weight excluding hydrogens is 373 g/mol. The van der Waals surface area contributed by atoms with Gasteiger partial charge in [0.05, 0.1) is 25.2 Å². The highest BCUT2D eigenvalue weighted by Crippen LogP contribution is 2.27. The van der Waals surface area contributed by atoms with Crippen molar-refractivity contribution in [2.45, 2.75) is 26.1 Å². The van der Waals surface area contributed by atoms with Crippen LogP contribution in [0.15, 0.2) is 54.6 Å². The van der Waals surface area contributed by atoms with Gasteiger partial charge < -0.3 is 15.5 Å². The Morgan fingerprint density at radius 2 is 1.83 bits per heavy atom. The average molecular weight is 393 g/mol. The second-order valence-electron chi connectivity index (χ2n) is 6.85. The predicted molar refractivity (Wildman–Crippen MR) is 105 cm³/mol. The van der Waals surface area contributed by atoms with Crippen molar-refractivity contribution < 1.29 is 14.0 Å². The van der Waals surface area contributed by atoms with Gasteiger partial charge in [0.1, 0.15) is 5.82 Å². The third-order valence-electron chi connectivity index (χ3n) is 4.79. The third-order valence-corrected chi connectivity index (χ3v) is 4.79. The summed E-state index contributed by atoms with van der Waals surface area (Å²) < 4.78 is 13.7. The zero-order chi connectivity index (χ0) is 20.2. The van der Waals surface area contributed by atoms with Crippen molar-refractivity contribution in [2.24, 2.45) is 0 Å². The number of urea groups is 1. The van der Waals surface area contributed by atoms with Gasteiger partial charge >= 0.3 is 6.03 Å². The Morgan fingerprint density at radius 3 is 2.62 bits per heavy atom. The Kier molecular flexibility index (Phi) is 5.24. The fourth-order valence-corrected chi connectivity index (χ4v) is 3.26. The van der Waals surface area contributed by atoms with E-state index in [-0.39, 0.29) is 18.4 Å². The number of fused-ring (bicyclic) bond motifs is 1. The monoisotopic (exact) mass is 393 g/mol. The molecule has 2 heterocycles. The maximum Gasteiger partial charge on any atom is 0.318 e. The van der Waals surface area contributed by atoms with Crippen LogP contribution in [0.1, 0.15) is 22.4 Å². The summed E-state index contributed by atoms with van der Waals surface area (Å²) in [5, 5.41) is 12.6. The van der Waals surface area contributed by atoms with Crippen LogP contribution >= 0.6 is 0 Å². The number of rotatable bonds is 5. The van der Waals surface area contributed by atoms with E-state index < -0.39 is 5.82 Å². The van der Waals surface area contributed by atoms with Crippen LogP contribution in [0.3, 0.4) is 0 Å². The molecule has 0 bridgehead atoms. The smallest absolute Gasteiger partial charge is 0.318 e. The number of aromatic amines is 1. The van der Waals surface area contributed by atoms with Gasteiger partial charge in [0.25, 0.3) is 0 Å². The molecule has 3 amide bonds. The lowest BCUT2D eigenvalue weighted by Gasteiger charge is -2.17. The van der Waals surface area contributed by atoms with Crippen LogP contribution in [0.25, 0.3) is 0 Å². The molecule has 0 unspecified atom stereocenters. The standard InChI is InChI=1S/C21H20FN5O2/c22-17-9-5-4-8-15(17)10-19(28)24-20-16-12-27(13-18(16)25-26-20)21(29)23-11-14-6-2-1-3-7-14/h1-9H,10-13H2,(H,23,29)(H2,24,25,26,28). The fourth-order valence-electron chi connectivity index (χ4n) is 3.26. The van der Waals surface area contributed by atoms with E-state index in [1.807, 2.05) is 30.3 Å². The maximum atomic E-state index is 13.7. The molecule has 148 valence electrons. The van der Waals surface area contributed by atoms with Crippen LogP contribution in [0.2, 0.25) is 0 Å². The first-order valence-electron chi connectivity index (χ1n) is 9.26. The Bertz CT molecular complexity index is 1030. The first-order chi connectivity index (χ1) is 14.1. The summed E-state index contributed by atoms with van der Waals surface area (Å²) in [4.78, 5) is 26.4. The topological polar surface area (TPSA) is 90.1 Å². The minimum Gasteiger partial charge on any atom is -0.334 e. The number of nitrogens with one attached hydrogen (secondary N) is 3. The minimum absolute atomic E-state index is 0.0877. The van der Waals surface area contributed by atoms with Crippen molar-refractivity contribution >= 4 is 17.8 Å². The van der Waals surface area contributed by atoms with Crippen LogP contribution in [-0.4, -0.2) is 27.0 Å². The lowest BCUT2D eigenvalue weighted by molar-refractivity contribution is -0.115. The molecule has 1 aromatic heterocycles. The molecule has 0 fully saturated rings. The number of halogens is 1. The maximum absolute atomic E-state index is 13.7. The number of anilines is 1. The van der Waals surface area contributed by atoms with Crippen LogP contribution in [0.4, 0.5) is 15.0 Å². The van der Waals surface area contributed by atoms with Crippen molar-refractivity contribution in [2.75, 3.05) is 5.32 Å². The Labute approximate surface area is 166 Å². The number of benzene rings is 2. The largest absolute Gasteiger partial charge is 0.334 e. The molecule has 0 saturated heterocycles. The van der Waals surface area contributed by atoms with E-state index in [1.54, 1.807) is 23.1 Å². The van der Waals surface area contributed by atoms with Crippen LogP contribution < -0.4 is 10.6 Å². The molecule has 0 spiro atoms. The van der Waals surface area contributed by atoms with Gasteiger partial charge in [-0.2, -0.15) is 5.10 Å². The van der Waals surface area contributed by atoms with Crippen molar-refractivity contribution in [3.8, 4) is 0 Å². The van der Waals surface area contributed by atoms with Gasteiger partial charge in [0, 0.05) is 12.1 Å². The zero-order valence-corrected chi connectivity index (χ0v) is 15.6. The molecule has 1 aliphatic rings. The highest BCUT2D eigenvalue weighted by molar-refractivity contribution is 5.92. The highest BCUT2D eigenvalue weighted by atomic mass is 19.1. The first-order valence-corrected chi connectivity index (χ1v) is 9.26. The van der Waals surface area contributed by atoms with Crippen molar-refractivity contribution in [3.63, 3.8) is 0 Å². The lowest BCUT2D eigenvalue weighted by atomic mass is 10.1. The number of hydrogen-bond donors (Lipinski definition) is 3. The van der Waals surface area contributed by atoms with Crippen molar-refractivity contribution in [3.05, 3.63) is 82.8 Å². The van der Waals surface area contributed by atoms with E-state index in [0.717, 1.165) is 16.8 Å². The van der Waals surface area contributed by atoms with E-state index in [9.17, 15) is 14.0 Å².